The number of nitrogens with zero attached hydrogens (tertiary/aromatic N) is 5. The molecule has 3 fully saturated rings. The number of carbonyl (C=O) groups excluding carboxylic acids is 1. The number of carbonyl (C=O) groups is 1. The van der Waals surface area contributed by atoms with Crippen LogP contribution in [-0.2, 0) is 16.0 Å². The summed E-state index contributed by atoms with van der Waals surface area (Å²) in [6.45, 7) is 2.93. The van der Waals surface area contributed by atoms with Crippen LogP contribution in [0.3, 0.4) is 0 Å². The minimum Gasteiger partial charge on any atom is -0.442 e. The van der Waals surface area contributed by atoms with Gasteiger partial charge in [-0.15, -0.1) is 5.10 Å². The molecule has 10 heteroatoms. The van der Waals surface area contributed by atoms with Crippen LogP contribution in [0.25, 0.3) is 0 Å². The number of anilines is 2. The average molecular weight is 377 g/mol. The fourth-order valence-corrected chi connectivity index (χ4v) is 3.87. The van der Waals surface area contributed by atoms with E-state index in [-0.39, 0.29) is 23.3 Å². The highest BCUT2D eigenvalue weighted by molar-refractivity contribution is 5.90. The molecule has 0 saturated carbocycles. The van der Waals surface area contributed by atoms with E-state index in [1.54, 1.807) is 11.1 Å². The maximum Gasteiger partial charge on any atom is 0.414 e. The summed E-state index contributed by atoms with van der Waals surface area (Å²) >= 11 is 0. The molecule has 1 aromatic carbocycles. The third-order valence-corrected chi connectivity index (χ3v) is 5.24. The Morgan fingerprint density at radius 3 is 2.56 bits per heavy atom. The first kappa shape index (κ1) is 16.4. The first-order valence-corrected chi connectivity index (χ1v) is 8.67. The van der Waals surface area contributed by atoms with Crippen molar-refractivity contribution >= 4 is 17.5 Å². The van der Waals surface area contributed by atoms with Crippen LogP contribution < -0.4 is 9.80 Å². The molecular formula is C17H17F2N5O3. The number of hydrogen-bond acceptors (Lipinski definition) is 6. The fourth-order valence-electron chi connectivity index (χ4n) is 3.87. The molecule has 3 aliphatic heterocycles. The predicted molar refractivity (Wildman–Crippen MR) is 89.5 cm³/mol. The molecule has 2 aromatic rings. The Hall–Kier alpha value is -2.75. The molecule has 142 valence electrons. The molecule has 0 bridgehead atoms. The maximum absolute atomic E-state index is 14.6. The third kappa shape index (κ3) is 2.71. The van der Waals surface area contributed by atoms with Crippen LogP contribution in [0.2, 0.25) is 0 Å². The van der Waals surface area contributed by atoms with Crippen molar-refractivity contribution in [2.45, 2.75) is 12.6 Å². The number of rotatable bonds is 4. The van der Waals surface area contributed by atoms with Gasteiger partial charge in [-0.3, -0.25) is 4.90 Å². The molecule has 0 radical (unpaired) electrons. The number of amides is 1. The molecule has 4 heterocycles. The molecule has 27 heavy (non-hydrogen) atoms. The van der Waals surface area contributed by atoms with Crippen LogP contribution in [0.1, 0.15) is 0 Å². The standard InChI is InChI=1S/C17H17F2N5O3/c18-13-3-11(4-14(19)15(13)22-7-17(8-22)9-26-10-17)24-6-12(27-16(24)25)5-23-2-1-20-21-23/h1-4,12H,5-10H2/t12-/m0/s1. The van der Waals surface area contributed by atoms with Gasteiger partial charge in [0.05, 0.1) is 43.6 Å². The van der Waals surface area contributed by atoms with Crippen LogP contribution in [0, 0.1) is 17.0 Å². The number of benzene rings is 1. The van der Waals surface area contributed by atoms with E-state index < -0.39 is 23.8 Å². The lowest BCUT2D eigenvalue weighted by Gasteiger charge is -2.56. The average Bonchev–Trinajstić information content (AvgIpc) is 3.16. The van der Waals surface area contributed by atoms with E-state index in [0.717, 1.165) is 0 Å². The van der Waals surface area contributed by atoms with Crippen molar-refractivity contribution < 1.29 is 23.0 Å². The molecule has 1 amide bonds. The van der Waals surface area contributed by atoms with E-state index in [4.69, 9.17) is 9.47 Å². The van der Waals surface area contributed by atoms with Crippen LogP contribution >= 0.6 is 0 Å². The van der Waals surface area contributed by atoms with Crippen LogP contribution in [0.15, 0.2) is 24.5 Å². The van der Waals surface area contributed by atoms with Crippen LogP contribution in [0.4, 0.5) is 25.0 Å². The van der Waals surface area contributed by atoms with Gasteiger partial charge in [0.2, 0.25) is 0 Å². The SMILES string of the molecule is O=C1O[C@@H](Cn2ccnn2)CN1c1cc(F)c(N2CC3(COC3)C2)c(F)c1. The minimum atomic E-state index is -0.687. The molecule has 1 spiro atoms. The van der Waals surface area contributed by atoms with E-state index in [2.05, 4.69) is 10.3 Å². The highest BCUT2D eigenvalue weighted by atomic mass is 19.1. The maximum atomic E-state index is 14.6. The zero-order valence-electron chi connectivity index (χ0n) is 14.3. The topological polar surface area (TPSA) is 72.7 Å². The highest BCUT2D eigenvalue weighted by Gasteiger charge is 2.50. The lowest BCUT2D eigenvalue weighted by molar-refractivity contribution is -0.127. The van der Waals surface area contributed by atoms with Crippen molar-refractivity contribution in [3.63, 3.8) is 0 Å². The van der Waals surface area contributed by atoms with E-state index >= 15 is 0 Å². The Labute approximate surface area is 153 Å². The third-order valence-electron chi connectivity index (χ3n) is 5.24. The number of aromatic nitrogens is 3. The Kier molecular flexibility index (Phi) is 3.58. The van der Waals surface area contributed by atoms with E-state index in [9.17, 15) is 13.6 Å². The van der Waals surface area contributed by atoms with Gasteiger partial charge < -0.3 is 14.4 Å². The number of halogens is 2. The van der Waals surface area contributed by atoms with Crippen molar-refractivity contribution in [3.05, 3.63) is 36.2 Å². The zero-order chi connectivity index (χ0) is 18.6. The summed E-state index contributed by atoms with van der Waals surface area (Å²) in [5.74, 6) is -1.37. The van der Waals surface area contributed by atoms with Crippen LogP contribution in [-0.4, -0.2) is 60.0 Å². The smallest absolute Gasteiger partial charge is 0.414 e. The summed E-state index contributed by atoms with van der Waals surface area (Å²) in [5.41, 5.74) is 0.135. The van der Waals surface area contributed by atoms with E-state index in [1.807, 2.05) is 0 Å². The van der Waals surface area contributed by atoms with Gasteiger partial charge >= 0.3 is 6.09 Å². The zero-order valence-corrected chi connectivity index (χ0v) is 14.3. The lowest BCUT2D eigenvalue weighted by Crippen LogP contribution is -2.66. The molecule has 0 unspecified atom stereocenters. The van der Waals surface area contributed by atoms with Gasteiger partial charge in [-0.1, -0.05) is 5.21 Å². The van der Waals surface area contributed by atoms with Gasteiger partial charge in [0.25, 0.3) is 0 Å². The summed E-state index contributed by atoms with van der Waals surface area (Å²) in [4.78, 5) is 15.0. The van der Waals surface area contributed by atoms with Gasteiger partial charge in [-0.05, 0) is 0 Å². The second-order valence-electron chi connectivity index (χ2n) is 7.35. The van der Waals surface area contributed by atoms with Gasteiger partial charge in [-0.25, -0.2) is 18.3 Å². The second-order valence-corrected chi connectivity index (χ2v) is 7.35. The first-order chi connectivity index (χ1) is 13.0. The van der Waals surface area contributed by atoms with E-state index in [1.165, 1.54) is 27.9 Å². The number of hydrogen-bond donors (Lipinski definition) is 0. The molecule has 1 aromatic heterocycles. The predicted octanol–water partition coefficient (Wildman–Crippen LogP) is 1.42. The van der Waals surface area contributed by atoms with Gasteiger partial charge in [0.15, 0.2) is 11.6 Å². The second kappa shape index (κ2) is 5.88. The van der Waals surface area contributed by atoms with Crippen molar-refractivity contribution in [1.82, 2.24) is 15.0 Å². The highest BCUT2D eigenvalue weighted by Crippen LogP contribution is 2.42. The monoisotopic (exact) mass is 377 g/mol. The molecule has 5 rings (SSSR count). The molecule has 8 nitrogen and oxygen atoms in total. The van der Waals surface area contributed by atoms with Crippen molar-refractivity contribution in [2.75, 3.05) is 42.6 Å². The van der Waals surface area contributed by atoms with Gasteiger partial charge in [0, 0.05) is 31.4 Å². The molecule has 1 atom stereocenters. The first-order valence-electron chi connectivity index (χ1n) is 8.67. The minimum absolute atomic E-state index is 0.0465. The normalized spacial score (nSPS) is 23.3. The lowest BCUT2D eigenvalue weighted by atomic mass is 9.77. The van der Waals surface area contributed by atoms with Gasteiger partial charge in [0.1, 0.15) is 11.8 Å². The summed E-state index contributed by atoms with van der Waals surface area (Å²) in [6.07, 6.45) is 2.06. The molecule has 0 aliphatic carbocycles. The molecular weight excluding hydrogens is 360 g/mol. The van der Waals surface area contributed by atoms with E-state index in [0.29, 0.717) is 32.8 Å². The summed E-state index contributed by atoms with van der Waals surface area (Å²) < 4.78 is 41.2. The number of cyclic esters (lactones) is 1. The quantitative estimate of drug-likeness (QED) is 0.803. The molecule has 0 N–H and O–H groups in total. The van der Waals surface area contributed by atoms with Crippen molar-refractivity contribution in [3.8, 4) is 0 Å². The van der Waals surface area contributed by atoms with Crippen LogP contribution in [0.5, 0.6) is 0 Å². The van der Waals surface area contributed by atoms with Crippen molar-refractivity contribution in [1.29, 1.82) is 0 Å². The Morgan fingerprint density at radius 1 is 1.22 bits per heavy atom. The summed E-state index contributed by atoms with van der Waals surface area (Å²) in [7, 11) is 0. The Balaban J connectivity index is 1.32. The van der Waals surface area contributed by atoms with Crippen molar-refractivity contribution in [2.24, 2.45) is 5.41 Å². The summed E-state index contributed by atoms with van der Waals surface area (Å²) in [5, 5.41) is 7.51. The molecule has 3 saturated heterocycles. The largest absolute Gasteiger partial charge is 0.442 e. The fraction of sp³-hybridized carbons (Fsp3) is 0.471. The molecule has 3 aliphatic rings. The Bertz CT molecular complexity index is 856. The summed E-state index contributed by atoms with van der Waals surface area (Å²) in [6, 6.07) is 2.36. The Morgan fingerprint density at radius 2 is 1.96 bits per heavy atom. The number of ether oxygens (including phenoxy) is 2. The van der Waals surface area contributed by atoms with Gasteiger partial charge in [-0.2, -0.15) is 0 Å².